The van der Waals surface area contributed by atoms with Gasteiger partial charge in [-0.3, -0.25) is 0 Å². The summed E-state index contributed by atoms with van der Waals surface area (Å²) in [6.45, 7) is 2.51. The monoisotopic (exact) mass is 505 g/mol. The number of ether oxygens (including phenoxy) is 2. The van der Waals surface area contributed by atoms with Crippen molar-refractivity contribution in [3.05, 3.63) is 71.5 Å². The Morgan fingerprint density at radius 3 is 2.53 bits per heavy atom. The van der Waals surface area contributed by atoms with Crippen LogP contribution in [0.3, 0.4) is 0 Å². The second kappa shape index (κ2) is 11.1. The summed E-state index contributed by atoms with van der Waals surface area (Å²) in [5.41, 5.74) is 4.29. The van der Waals surface area contributed by atoms with E-state index >= 15 is 0 Å². The molecular formula is C28H31N3O4S. The number of aromatic hydroxyl groups is 1. The zero-order valence-corrected chi connectivity index (χ0v) is 22.1. The fraction of sp³-hybridized carbons (Fsp3) is 0.286. The molecule has 0 atom stereocenters. The number of carbonyl (C=O) groups excluding carboxylic acids is 1. The number of phenolic OH excluding ortho intramolecular Hbond substituents is 1. The number of benzene rings is 2. The first kappa shape index (κ1) is 25.6. The topological polar surface area (TPSA) is 76.8 Å². The zero-order chi connectivity index (χ0) is 25.8. The molecule has 4 rings (SSSR count). The smallest absolute Gasteiger partial charge is 0.340 e. The number of methoxy groups -OCH3 is 1. The normalized spacial score (nSPS) is 11.3. The molecule has 0 radical (unpaired) electrons. The highest BCUT2D eigenvalue weighted by atomic mass is 32.2. The van der Waals surface area contributed by atoms with E-state index in [9.17, 15) is 9.90 Å². The van der Waals surface area contributed by atoms with E-state index in [1.807, 2.05) is 60.9 Å². The summed E-state index contributed by atoms with van der Waals surface area (Å²) < 4.78 is 12.7. The number of aryl methyl sites for hydroxylation is 1. The molecule has 0 saturated carbocycles. The standard InChI is InChI=1S/C28H31N3O4S/c1-6-35-28(33)26-23(17-36-19-10-8-7-9-11-19)31(4)22-14-20(18-12-13-24(34-5)29-15-18)27(32)21(25(22)26)16-30(2)3/h7-15,32H,6,16-17H2,1-5H3. The minimum absolute atomic E-state index is 0.126. The summed E-state index contributed by atoms with van der Waals surface area (Å²) in [6, 6.07) is 15.6. The molecule has 0 fully saturated rings. The molecule has 36 heavy (non-hydrogen) atoms. The van der Waals surface area contributed by atoms with Crippen LogP contribution in [-0.2, 0) is 24.1 Å². The number of phenols is 1. The van der Waals surface area contributed by atoms with E-state index < -0.39 is 0 Å². The molecule has 2 aromatic carbocycles. The van der Waals surface area contributed by atoms with Gasteiger partial charge in [-0.15, -0.1) is 11.8 Å². The predicted molar refractivity (Wildman–Crippen MR) is 144 cm³/mol. The van der Waals surface area contributed by atoms with Gasteiger partial charge >= 0.3 is 5.97 Å². The maximum Gasteiger partial charge on any atom is 0.340 e. The molecule has 0 unspecified atom stereocenters. The number of pyridine rings is 1. The van der Waals surface area contributed by atoms with Crippen molar-refractivity contribution in [2.45, 2.75) is 24.1 Å². The van der Waals surface area contributed by atoms with Crippen LogP contribution in [0.15, 0.2) is 59.6 Å². The summed E-state index contributed by atoms with van der Waals surface area (Å²) >= 11 is 1.66. The van der Waals surface area contributed by atoms with E-state index in [2.05, 4.69) is 17.1 Å². The molecule has 0 aliphatic heterocycles. The van der Waals surface area contributed by atoms with Crippen molar-refractivity contribution in [2.24, 2.45) is 7.05 Å². The van der Waals surface area contributed by atoms with Gasteiger partial charge in [0.1, 0.15) is 5.75 Å². The van der Waals surface area contributed by atoms with Crippen molar-refractivity contribution in [3.63, 3.8) is 0 Å². The molecule has 7 nitrogen and oxygen atoms in total. The lowest BCUT2D eigenvalue weighted by Crippen LogP contribution is -2.13. The van der Waals surface area contributed by atoms with Gasteiger partial charge in [-0.1, -0.05) is 18.2 Å². The van der Waals surface area contributed by atoms with Gasteiger partial charge in [0, 0.05) is 64.3 Å². The molecule has 2 aromatic heterocycles. The maximum atomic E-state index is 13.3. The maximum absolute atomic E-state index is 13.3. The van der Waals surface area contributed by atoms with Gasteiger partial charge in [0.25, 0.3) is 0 Å². The summed E-state index contributed by atoms with van der Waals surface area (Å²) in [4.78, 5) is 20.7. The molecule has 4 aromatic rings. The number of fused-ring (bicyclic) bond motifs is 1. The number of aromatic nitrogens is 2. The van der Waals surface area contributed by atoms with Gasteiger partial charge in [0.05, 0.1) is 24.8 Å². The van der Waals surface area contributed by atoms with E-state index in [0.29, 0.717) is 34.9 Å². The van der Waals surface area contributed by atoms with E-state index in [1.54, 1.807) is 38.1 Å². The van der Waals surface area contributed by atoms with Crippen LogP contribution in [0.25, 0.3) is 22.0 Å². The molecular weight excluding hydrogens is 474 g/mol. The van der Waals surface area contributed by atoms with Crippen molar-refractivity contribution in [1.29, 1.82) is 0 Å². The van der Waals surface area contributed by atoms with Crippen molar-refractivity contribution in [2.75, 3.05) is 27.8 Å². The Morgan fingerprint density at radius 1 is 1.17 bits per heavy atom. The minimum Gasteiger partial charge on any atom is -0.507 e. The Hall–Kier alpha value is -3.49. The van der Waals surface area contributed by atoms with E-state index in [0.717, 1.165) is 27.1 Å². The van der Waals surface area contributed by atoms with Crippen LogP contribution in [0.1, 0.15) is 28.5 Å². The summed E-state index contributed by atoms with van der Waals surface area (Å²) in [6.07, 6.45) is 1.68. The fourth-order valence-electron chi connectivity index (χ4n) is 4.32. The van der Waals surface area contributed by atoms with Gasteiger partial charge in [-0.25, -0.2) is 9.78 Å². The lowest BCUT2D eigenvalue weighted by atomic mass is 9.96. The fourth-order valence-corrected chi connectivity index (χ4v) is 5.32. The molecule has 0 amide bonds. The molecule has 8 heteroatoms. The van der Waals surface area contributed by atoms with Crippen LogP contribution in [0, 0.1) is 0 Å². The van der Waals surface area contributed by atoms with E-state index in [4.69, 9.17) is 9.47 Å². The minimum atomic E-state index is -0.384. The van der Waals surface area contributed by atoms with Crippen LogP contribution in [0.4, 0.5) is 0 Å². The number of rotatable bonds is 9. The van der Waals surface area contributed by atoms with Crippen LogP contribution in [-0.4, -0.2) is 53.3 Å². The molecule has 0 aliphatic carbocycles. The van der Waals surface area contributed by atoms with Crippen LogP contribution < -0.4 is 4.74 Å². The number of nitrogens with zero attached hydrogens (tertiary/aromatic N) is 3. The summed E-state index contributed by atoms with van der Waals surface area (Å²) in [7, 11) is 7.40. The van der Waals surface area contributed by atoms with Crippen LogP contribution in [0.2, 0.25) is 0 Å². The van der Waals surface area contributed by atoms with Gasteiger partial charge in [-0.2, -0.15) is 0 Å². The largest absolute Gasteiger partial charge is 0.507 e. The van der Waals surface area contributed by atoms with Gasteiger partial charge in [-0.05, 0) is 45.3 Å². The second-order valence-corrected chi connectivity index (χ2v) is 9.72. The summed E-state index contributed by atoms with van der Waals surface area (Å²) in [5, 5.41) is 12.2. The third-order valence-electron chi connectivity index (χ3n) is 6.01. The van der Waals surface area contributed by atoms with Crippen molar-refractivity contribution in [3.8, 4) is 22.8 Å². The number of thioether (sulfide) groups is 1. The number of hydrogen-bond acceptors (Lipinski definition) is 7. The molecule has 0 aliphatic rings. The van der Waals surface area contributed by atoms with Crippen LogP contribution >= 0.6 is 11.8 Å². The molecule has 2 heterocycles. The van der Waals surface area contributed by atoms with Crippen LogP contribution in [0.5, 0.6) is 11.6 Å². The van der Waals surface area contributed by atoms with Crippen molar-refractivity contribution >= 4 is 28.6 Å². The highest BCUT2D eigenvalue weighted by Gasteiger charge is 2.28. The second-order valence-electron chi connectivity index (χ2n) is 8.68. The molecule has 0 bridgehead atoms. The quantitative estimate of drug-likeness (QED) is 0.238. The van der Waals surface area contributed by atoms with E-state index in [-0.39, 0.29) is 18.3 Å². The van der Waals surface area contributed by atoms with E-state index in [1.165, 1.54) is 0 Å². The van der Waals surface area contributed by atoms with Crippen molar-refractivity contribution < 1.29 is 19.4 Å². The highest BCUT2D eigenvalue weighted by Crippen LogP contribution is 2.42. The third-order valence-corrected chi connectivity index (χ3v) is 7.04. The average molecular weight is 506 g/mol. The summed E-state index contributed by atoms with van der Waals surface area (Å²) in [5.74, 6) is 0.813. The lowest BCUT2D eigenvalue weighted by Gasteiger charge is -2.17. The molecule has 0 saturated heterocycles. The SMILES string of the molecule is CCOC(=O)c1c(CSc2ccccc2)n(C)c2cc(-c3ccc(OC)nc3)c(O)c(CN(C)C)c12. The molecule has 188 valence electrons. The predicted octanol–water partition coefficient (Wildman–Crippen LogP) is 5.49. The Bertz CT molecular complexity index is 1370. The lowest BCUT2D eigenvalue weighted by molar-refractivity contribution is 0.0527. The Morgan fingerprint density at radius 2 is 1.92 bits per heavy atom. The zero-order valence-electron chi connectivity index (χ0n) is 21.2. The Kier molecular flexibility index (Phi) is 7.86. The number of carbonyl (C=O) groups is 1. The van der Waals surface area contributed by atoms with Gasteiger partial charge in [0.15, 0.2) is 0 Å². The first-order valence-corrected chi connectivity index (χ1v) is 12.7. The Balaban J connectivity index is 1.96. The van der Waals surface area contributed by atoms with Gasteiger partial charge < -0.3 is 24.0 Å². The first-order valence-electron chi connectivity index (χ1n) is 11.7. The first-order chi connectivity index (χ1) is 17.3. The average Bonchev–Trinajstić information content (AvgIpc) is 3.16. The molecule has 0 spiro atoms. The van der Waals surface area contributed by atoms with Crippen molar-refractivity contribution in [1.82, 2.24) is 14.5 Å². The Labute approximate surface area is 215 Å². The number of hydrogen-bond donors (Lipinski definition) is 1. The third kappa shape index (κ3) is 5.05. The number of esters is 1. The molecule has 1 N–H and O–H groups in total. The highest BCUT2D eigenvalue weighted by molar-refractivity contribution is 7.98. The van der Waals surface area contributed by atoms with Gasteiger partial charge in [0.2, 0.25) is 5.88 Å².